The fourth-order valence-corrected chi connectivity index (χ4v) is 5.45. The van der Waals surface area contributed by atoms with Gasteiger partial charge in [0.2, 0.25) is 5.91 Å². The molecule has 12 heteroatoms. The summed E-state index contributed by atoms with van der Waals surface area (Å²) in [7, 11) is -4.46. The van der Waals surface area contributed by atoms with Gasteiger partial charge in [0.1, 0.15) is 23.3 Å². The highest BCUT2D eigenvalue weighted by Gasteiger charge is 2.44. The van der Waals surface area contributed by atoms with Gasteiger partial charge in [0, 0.05) is 29.0 Å². The Balaban J connectivity index is 1.78. The average Bonchev–Trinajstić information content (AvgIpc) is 3.18. The second kappa shape index (κ2) is 9.91. The molecule has 0 spiro atoms. The number of ether oxygens (including phenoxy) is 1. The van der Waals surface area contributed by atoms with Crippen LogP contribution in [0.1, 0.15) is 25.3 Å². The highest BCUT2D eigenvalue weighted by molar-refractivity contribution is 8.00. The van der Waals surface area contributed by atoms with Crippen molar-refractivity contribution in [2.45, 2.75) is 42.2 Å². The molecular formula is C21H24N4O6S2. The summed E-state index contributed by atoms with van der Waals surface area (Å²) >= 11 is 1.21. The zero-order valence-electron chi connectivity index (χ0n) is 18.2. The largest absolute Gasteiger partial charge is 0.457 e. The summed E-state index contributed by atoms with van der Waals surface area (Å²) in [6.45, 7) is 4.97. The zero-order chi connectivity index (χ0) is 24.2. The Kier molecular flexibility index (Phi) is 7.42. The van der Waals surface area contributed by atoms with Crippen LogP contribution in [0.5, 0.6) is 11.5 Å². The number of benzene rings is 1. The number of thioether (sulfide) groups is 1. The first-order chi connectivity index (χ1) is 15.5. The maximum Gasteiger partial charge on any atom is 0.265 e. The number of aromatic nitrogens is 2. The van der Waals surface area contributed by atoms with E-state index in [0.717, 1.165) is 0 Å². The van der Waals surface area contributed by atoms with Crippen LogP contribution in [0.15, 0.2) is 64.3 Å². The summed E-state index contributed by atoms with van der Waals surface area (Å²) in [5.74, 6) is 0.863. The van der Waals surface area contributed by atoms with Gasteiger partial charge in [0.05, 0.1) is 10.6 Å². The molecule has 0 radical (unpaired) electrons. The fourth-order valence-electron chi connectivity index (χ4n) is 3.01. The van der Waals surface area contributed by atoms with Crippen LogP contribution in [-0.2, 0) is 20.6 Å². The predicted octanol–water partition coefficient (Wildman–Crippen LogP) is 3.12. The molecule has 0 bridgehead atoms. The van der Waals surface area contributed by atoms with Gasteiger partial charge in [-0.3, -0.25) is 15.0 Å². The Morgan fingerprint density at radius 2 is 1.82 bits per heavy atom. The molecule has 1 aromatic carbocycles. The van der Waals surface area contributed by atoms with E-state index in [4.69, 9.17) is 15.0 Å². The Labute approximate surface area is 195 Å². The highest BCUT2D eigenvalue weighted by atomic mass is 32.2. The molecule has 0 saturated carbocycles. The highest BCUT2D eigenvalue weighted by Crippen LogP contribution is 2.35. The van der Waals surface area contributed by atoms with E-state index in [1.807, 2.05) is 0 Å². The summed E-state index contributed by atoms with van der Waals surface area (Å²) in [4.78, 5) is 15.9. The topological polar surface area (TPSA) is 149 Å². The maximum absolute atomic E-state index is 13.1. The monoisotopic (exact) mass is 492 g/mol. The molecule has 2 aromatic heterocycles. The molecule has 0 aliphatic carbocycles. The summed E-state index contributed by atoms with van der Waals surface area (Å²) < 4.78 is 35.7. The second-order valence-corrected chi connectivity index (χ2v) is 11.1. The minimum absolute atomic E-state index is 0.0229. The van der Waals surface area contributed by atoms with Gasteiger partial charge in [0.25, 0.3) is 10.0 Å². The van der Waals surface area contributed by atoms with Crippen LogP contribution in [0.4, 0.5) is 0 Å². The third-order valence-electron chi connectivity index (χ3n) is 4.67. The minimum Gasteiger partial charge on any atom is -0.457 e. The molecule has 176 valence electrons. The van der Waals surface area contributed by atoms with Crippen molar-refractivity contribution in [3.8, 4) is 11.5 Å². The summed E-state index contributed by atoms with van der Waals surface area (Å²) in [5, 5.41) is 14.5. The number of hydroxylamine groups is 1. The summed E-state index contributed by atoms with van der Waals surface area (Å²) in [6, 6.07) is 8.89. The number of carbonyl (C=O) groups excluding carboxylic acids is 1. The van der Waals surface area contributed by atoms with Gasteiger partial charge in [-0.25, -0.2) is 8.42 Å². The lowest BCUT2D eigenvalue weighted by atomic mass is 10.0. The molecule has 1 atom stereocenters. The van der Waals surface area contributed by atoms with E-state index in [-0.39, 0.29) is 9.36 Å². The third kappa shape index (κ3) is 5.90. The van der Waals surface area contributed by atoms with E-state index < -0.39 is 26.7 Å². The Bertz CT molecular complexity index is 1200. The molecular weight excluding hydrogens is 468 g/mol. The number of hydrogen-bond donors (Lipinski definition) is 2. The van der Waals surface area contributed by atoms with Crippen molar-refractivity contribution in [2.24, 2.45) is 5.73 Å². The number of hydrogen-bond acceptors (Lipinski definition) is 9. The Morgan fingerprint density at radius 3 is 2.36 bits per heavy atom. The van der Waals surface area contributed by atoms with Crippen LogP contribution in [0.25, 0.3) is 0 Å². The molecule has 3 rings (SSSR count). The van der Waals surface area contributed by atoms with Crippen LogP contribution in [-0.4, -0.2) is 44.9 Å². The lowest BCUT2D eigenvalue weighted by Crippen LogP contribution is -2.55. The second-order valence-electron chi connectivity index (χ2n) is 7.66. The lowest BCUT2D eigenvalue weighted by Gasteiger charge is -2.35. The number of nitrogens with two attached hydrogens (primary N) is 1. The SMILES string of the molecule is Cc1cc(CSC(C)(C)[C@H](C(N)=O)N(O)S(=O)(=O)c2ccc(Oc3ccncc3)cc2)no1. The van der Waals surface area contributed by atoms with Crippen molar-refractivity contribution >= 4 is 27.7 Å². The van der Waals surface area contributed by atoms with E-state index in [2.05, 4.69) is 10.1 Å². The molecule has 0 aliphatic heterocycles. The first-order valence-corrected chi connectivity index (χ1v) is 12.2. The summed E-state index contributed by atoms with van der Waals surface area (Å²) in [5.41, 5.74) is 6.12. The molecule has 0 aliphatic rings. The van der Waals surface area contributed by atoms with Crippen LogP contribution < -0.4 is 10.5 Å². The molecule has 1 amide bonds. The molecule has 0 fully saturated rings. The van der Waals surface area contributed by atoms with Crippen LogP contribution in [0.2, 0.25) is 0 Å². The molecule has 3 aromatic rings. The zero-order valence-corrected chi connectivity index (χ0v) is 19.8. The van der Waals surface area contributed by atoms with E-state index in [1.165, 1.54) is 36.0 Å². The van der Waals surface area contributed by atoms with Crippen LogP contribution >= 0.6 is 11.8 Å². The maximum atomic E-state index is 13.1. The Hall–Kier alpha value is -2.93. The standard InChI is InChI=1S/C21H24N4O6S2/c1-14-12-15(24-31-14)13-32-21(2,3)19(20(22)26)25(27)33(28,29)18-6-4-16(5-7-18)30-17-8-10-23-11-9-17/h4-12,19,27H,13H2,1-3H3,(H2,22,26)/t19-/m0/s1. The Morgan fingerprint density at radius 1 is 1.21 bits per heavy atom. The van der Waals surface area contributed by atoms with Gasteiger partial charge in [-0.05, 0) is 57.2 Å². The van der Waals surface area contributed by atoms with Crippen LogP contribution in [0, 0.1) is 6.92 Å². The van der Waals surface area contributed by atoms with Gasteiger partial charge < -0.3 is 15.0 Å². The van der Waals surface area contributed by atoms with Gasteiger partial charge in [0.15, 0.2) is 0 Å². The van der Waals surface area contributed by atoms with E-state index in [1.54, 1.807) is 51.4 Å². The van der Waals surface area contributed by atoms with E-state index >= 15 is 0 Å². The molecule has 10 nitrogen and oxygen atoms in total. The number of rotatable bonds is 10. The first kappa shape index (κ1) is 24.7. The average molecular weight is 493 g/mol. The van der Waals surface area contributed by atoms with E-state index in [9.17, 15) is 18.4 Å². The van der Waals surface area contributed by atoms with Crippen molar-refractivity contribution in [2.75, 3.05) is 0 Å². The molecule has 2 heterocycles. The molecule has 33 heavy (non-hydrogen) atoms. The van der Waals surface area contributed by atoms with Crippen molar-refractivity contribution in [1.82, 2.24) is 14.6 Å². The molecule has 0 saturated heterocycles. The van der Waals surface area contributed by atoms with Gasteiger partial charge >= 0.3 is 0 Å². The summed E-state index contributed by atoms with van der Waals surface area (Å²) in [6.07, 6.45) is 3.12. The van der Waals surface area contributed by atoms with E-state index in [0.29, 0.717) is 28.7 Å². The first-order valence-electron chi connectivity index (χ1n) is 9.77. The number of pyridine rings is 1. The normalized spacial score (nSPS) is 13.1. The third-order valence-corrected chi connectivity index (χ3v) is 7.65. The van der Waals surface area contributed by atoms with Crippen molar-refractivity contribution in [3.05, 3.63) is 66.3 Å². The van der Waals surface area contributed by atoms with Crippen molar-refractivity contribution < 1.29 is 27.7 Å². The lowest BCUT2D eigenvalue weighted by molar-refractivity contribution is -0.132. The number of sulfonamides is 1. The number of primary amides is 1. The predicted molar refractivity (Wildman–Crippen MR) is 121 cm³/mol. The number of amides is 1. The van der Waals surface area contributed by atoms with Gasteiger partial charge in [-0.1, -0.05) is 9.63 Å². The van der Waals surface area contributed by atoms with Gasteiger partial charge in [-0.2, -0.15) is 0 Å². The fraction of sp³-hybridized carbons (Fsp3) is 0.286. The smallest absolute Gasteiger partial charge is 0.265 e. The minimum atomic E-state index is -4.46. The van der Waals surface area contributed by atoms with Crippen molar-refractivity contribution in [3.63, 3.8) is 0 Å². The van der Waals surface area contributed by atoms with Crippen molar-refractivity contribution in [1.29, 1.82) is 0 Å². The molecule has 3 N–H and O–H groups in total. The number of carbonyl (C=O) groups is 1. The van der Waals surface area contributed by atoms with Crippen LogP contribution in [0.3, 0.4) is 0 Å². The molecule has 0 unspecified atom stereocenters. The quantitative estimate of drug-likeness (QED) is 0.407. The van der Waals surface area contributed by atoms with Gasteiger partial charge in [-0.15, -0.1) is 11.8 Å². The number of nitrogens with zero attached hydrogens (tertiary/aromatic N) is 3. The number of aryl methyl sites for hydroxylation is 1.